The molecule has 11 heteroatoms. The summed E-state index contributed by atoms with van der Waals surface area (Å²) in [5, 5.41) is 19.6. The molecule has 8 nitrogen and oxygen atoms in total. The van der Waals surface area contributed by atoms with Gasteiger partial charge in [-0.25, -0.2) is 9.89 Å². The number of rotatable bonds is 9. The Morgan fingerprint density at radius 2 is 1.97 bits per heavy atom. The molecule has 3 N–H and O–H groups in total. The Balaban J connectivity index is 1.65. The number of H-pyrrole nitrogens is 1. The first-order chi connectivity index (χ1) is 18.5. The van der Waals surface area contributed by atoms with Gasteiger partial charge >= 0.3 is 11.9 Å². The molecule has 2 heterocycles. The summed E-state index contributed by atoms with van der Waals surface area (Å²) in [4.78, 5) is 17.0. The number of hydrogen-bond acceptors (Lipinski definition) is 6. The highest BCUT2D eigenvalue weighted by atomic mass is 19.4. The van der Waals surface area contributed by atoms with Crippen LogP contribution in [0.1, 0.15) is 61.5 Å². The van der Waals surface area contributed by atoms with Crippen LogP contribution in [0.5, 0.6) is 0 Å². The highest BCUT2D eigenvalue weighted by molar-refractivity contribution is 5.92. The van der Waals surface area contributed by atoms with Crippen LogP contribution in [-0.4, -0.2) is 45.5 Å². The molecule has 2 aromatic carbocycles. The fourth-order valence-corrected chi connectivity index (χ4v) is 5.51. The third-order valence-electron chi connectivity index (χ3n) is 7.63. The molecule has 1 aromatic heterocycles. The maximum atomic E-state index is 13.4. The van der Waals surface area contributed by atoms with Gasteiger partial charge in [0.05, 0.1) is 23.8 Å². The van der Waals surface area contributed by atoms with E-state index < -0.39 is 35.7 Å². The number of ether oxygens (including phenoxy) is 1. The number of benzene rings is 2. The van der Waals surface area contributed by atoms with E-state index >= 15 is 0 Å². The zero-order valence-electron chi connectivity index (χ0n) is 22.3. The Kier molecular flexibility index (Phi) is 8.43. The largest absolute Gasteiger partial charge is 0.416 e. The van der Waals surface area contributed by atoms with Crippen LogP contribution < -0.4 is 11.0 Å². The van der Waals surface area contributed by atoms with Crippen LogP contribution in [0, 0.1) is 6.92 Å². The van der Waals surface area contributed by atoms with E-state index in [1.165, 1.54) is 10.9 Å². The Labute approximate surface area is 224 Å². The van der Waals surface area contributed by atoms with Crippen molar-refractivity contribution in [1.82, 2.24) is 20.1 Å². The van der Waals surface area contributed by atoms with E-state index in [9.17, 15) is 23.1 Å². The molecule has 1 aliphatic heterocycles. The Morgan fingerprint density at radius 3 is 2.54 bits per heavy atom. The van der Waals surface area contributed by atoms with Crippen molar-refractivity contribution in [2.24, 2.45) is 4.99 Å². The summed E-state index contributed by atoms with van der Waals surface area (Å²) < 4.78 is 48.1. The Hall–Kier alpha value is -3.28. The standard InChI is InChI=1S/C28H34F3N5O3/c1-4-24(32-18-37)27(36-17-34-35-25(36)38)11-10-26(33-15-27,22-8-6-5-7-9-22)16-39-20(3)21-12-19(2)13-23(14-21)28(29,30)31/h5-9,12-14,17,20,33,37H,4,10-11,15-16,18H2,1-3H3,(H,35,38)/t20-,26-,27+/m1/s1. The van der Waals surface area contributed by atoms with Crippen molar-refractivity contribution in [3.05, 3.63) is 87.6 Å². The number of alkyl halides is 3. The minimum absolute atomic E-state index is 0.183. The first-order valence-electron chi connectivity index (χ1n) is 12.9. The van der Waals surface area contributed by atoms with Crippen LogP contribution in [0.25, 0.3) is 0 Å². The van der Waals surface area contributed by atoms with Gasteiger partial charge in [-0.15, -0.1) is 0 Å². The summed E-state index contributed by atoms with van der Waals surface area (Å²) in [6, 6.07) is 13.7. The van der Waals surface area contributed by atoms with Gasteiger partial charge in [-0.2, -0.15) is 18.3 Å². The van der Waals surface area contributed by atoms with Crippen molar-refractivity contribution >= 4 is 5.71 Å². The Morgan fingerprint density at radius 1 is 1.23 bits per heavy atom. The van der Waals surface area contributed by atoms with Gasteiger partial charge in [0, 0.05) is 12.3 Å². The van der Waals surface area contributed by atoms with Crippen molar-refractivity contribution in [2.45, 2.75) is 63.4 Å². The van der Waals surface area contributed by atoms with Crippen LogP contribution in [0.2, 0.25) is 0 Å². The summed E-state index contributed by atoms with van der Waals surface area (Å²) in [6.07, 6.45) is -2.08. The molecule has 1 aliphatic rings. The maximum absolute atomic E-state index is 13.4. The topological polar surface area (TPSA) is 105 Å². The van der Waals surface area contributed by atoms with E-state index in [0.29, 0.717) is 42.6 Å². The normalized spacial score (nSPS) is 23.1. The lowest BCUT2D eigenvalue weighted by molar-refractivity contribution is -0.137. The molecule has 0 radical (unpaired) electrons. The highest BCUT2D eigenvalue weighted by Gasteiger charge is 2.48. The first-order valence-corrected chi connectivity index (χ1v) is 12.9. The molecule has 39 heavy (non-hydrogen) atoms. The fraction of sp³-hybridized carbons (Fsp3) is 0.464. The van der Waals surface area contributed by atoms with E-state index in [4.69, 9.17) is 4.74 Å². The monoisotopic (exact) mass is 545 g/mol. The van der Waals surface area contributed by atoms with Gasteiger partial charge in [-0.1, -0.05) is 48.9 Å². The zero-order valence-corrected chi connectivity index (χ0v) is 22.3. The number of piperidine rings is 1. The van der Waals surface area contributed by atoms with Gasteiger partial charge in [0.1, 0.15) is 18.6 Å². The van der Waals surface area contributed by atoms with E-state index in [2.05, 4.69) is 20.5 Å². The van der Waals surface area contributed by atoms with E-state index in [0.717, 1.165) is 17.7 Å². The molecular weight excluding hydrogens is 511 g/mol. The minimum Gasteiger partial charge on any atom is -0.375 e. The molecule has 0 unspecified atom stereocenters. The average molecular weight is 546 g/mol. The second-order valence-corrected chi connectivity index (χ2v) is 10.0. The second-order valence-electron chi connectivity index (χ2n) is 10.0. The van der Waals surface area contributed by atoms with Crippen molar-refractivity contribution in [1.29, 1.82) is 0 Å². The van der Waals surface area contributed by atoms with Gasteiger partial charge in [-0.05, 0) is 56.4 Å². The molecule has 1 saturated heterocycles. The molecule has 0 bridgehead atoms. The van der Waals surface area contributed by atoms with Crippen LogP contribution in [0.3, 0.4) is 0 Å². The predicted octanol–water partition coefficient (Wildman–Crippen LogP) is 4.45. The van der Waals surface area contributed by atoms with E-state index in [-0.39, 0.29) is 12.3 Å². The van der Waals surface area contributed by atoms with Crippen molar-refractivity contribution in [2.75, 3.05) is 19.9 Å². The maximum Gasteiger partial charge on any atom is 0.416 e. The lowest BCUT2D eigenvalue weighted by Gasteiger charge is -2.48. The van der Waals surface area contributed by atoms with Gasteiger partial charge in [-0.3, -0.25) is 9.56 Å². The molecule has 3 aromatic rings. The summed E-state index contributed by atoms with van der Waals surface area (Å²) in [6.45, 7) is 5.38. The molecule has 0 saturated carbocycles. The Bertz CT molecular complexity index is 1340. The third-order valence-corrected chi connectivity index (χ3v) is 7.63. The molecule has 1 fully saturated rings. The quantitative estimate of drug-likeness (QED) is 0.345. The number of aromatic amines is 1. The van der Waals surface area contributed by atoms with Crippen molar-refractivity contribution in [3.63, 3.8) is 0 Å². The molecule has 0 spiro atoms. The number of aliphatic hydroxyl groups is 1. The number of aryl methyl sites for hydroxylation is 1. The first kappa shape index (κ1) is 28.7. The number of hydrogen-bond donors (Lipinski definition) is 3. The summed E-state index contributed by atoms with van der Waals surface area (Å²) in [5.41, 5.74) is -0.0393. The smallest absolute Gasteiger partial charge is 0.375 e. The van der Waals surface area contributed by atoms with Crippen LogP contribution in [-0.2, 0) is 22.0 Å². The number of nitrogens with zero attached hydrogens (tertiary/aromatic N) is 3. The van der Waals surface area contributed by atoms with Gasteiger partial charge < -0.3 is 15.2 Å². The molecular formula is C28H34F3N5O3. The predicted molar refractivity (Wildman–Crippen MR) is 142 cm³/mol. The number of halogens is 3. The minimum atomic E-state index is -4.45. The van der Waals surface area contributed by atoms with Crippen LogP contribution in [0.4, 0.5) is 13.2 Å². The van der Waals surface area contributed by atoms with Gasteiger partial charge in [0.25, 0.3) is 0 Å². The van der Waals surface area contributed by atoms with Crippen molar-refractivity contribution < 1.29 is 23.0 Å². The van der Waals surface area contributed by atoms with E-state index in [1.807, 2.05) is 37.3 Å². The molecule has 3 atom stereocenters. The second kappa shape index (κ2) is 11.4. The number of nitrogens with one attached hydrogen (secondary N) is 2. The highest BCUT2D eigenvalue weighted by Crippen LogP contribution is 2.40. The van der Waals surface area contributed by atoms with Crippen molar-refractivity contribution in [3.8, 4) is 0 Å². The lowest BCUT2D eigenvalue weighted by Crippen LogP contribution is -2.63. The molecule has 0 aliphatic carbocycles. The third kappa shape index (κ3) is 5.85. The average Bonchev–Trinajstić information content (AvgIpc) is 3.36. The number of aromatic nitrogens is 3. The zero-order chi connectivity index (χ0) is 28.3. The van der Waals surface area contributed by atoms with Crippen LogP contribution >= 0.6 is 0 Å². The fourth-order valence-electron chi connectivity index (χ4n) is 5.51. The lowest BCUT2D eigenvalue weighted by atomic mass is 9.73. The SMILES string of the molecule is CCC(=NCO)[C@]1(n2cn[nH]c2=O)CC[C@@](CO[C@H](C)c2cc(C)cc(C(F)(F)F)c2)(c2ccccc2)NC1. The van der Waals surface area contributed by atoms with Crippen LogP contribution in [0.15, 0.2) is 64.6 Å². The summed E-state index contributed by atoms with van der Waals surface area (Å²) in [7, 11) is 0. The molecule has 210 valence electrons. The van der Waals surface area contributed by atoms with Gasteiger partial charge in [0.15, 0.2) is 0 Å². The number of aliphatic imine (C=N–C) groups is 1. The van der Waals surface area contributed by atoms with Gasteiger partial charge in [0.2, 0.25) is 0 Å². The molecule has 0 amide bonds. The van der Waals surface area contributed by atoms with E-state index in [1.54, 1.807) is 19.9 Å². The molecule has 4 rings (SSSR count). The number of aliphatic hydroxyl groups excluding tert-OH is 1. The summed E-state index contributed by atoms with van der Waals surface area (Å²) >= 11 is 0. The summed E-state index contributed by atoms with van der Waals surface area (Å²) in [5.74, 6) is 0.